The maximum absolute atomic E-state index is 13.9. The van der Waals surface area contributed by atoms with E-state index in [0.717, 1.165) is 65.8 Å². The van der Waals surface area contributed by atoms with Crippen LogP contribution < -0.4 is 0 Å². The molecule has 0 bridgehead atoms. The Morgan fingerprint density at radius 1 is 1.03 bits per heavy atom. The zero-order valence-corrected chi connectivity index (χ0v) is 21.8. The lowest BCUT2D eigenvalue weighted by atomic mass is 9.90. The lowest BCUT2D eigenvalue weighted by Crippen LogP contribution is -2.47. The van der Waals surface area contributed by atoms with E-state index >= 15 is 0 Å². The van der Waals surface area contributed by atoms with Crippen molar-refractivity contribution in [3.8, 4) is 11.1 Å². The topological polar surface area (TPSA) is 80.0 Å². The molecule has 2 aromatic carbocycles. The Labute approximate surface area is 222 Å². The van der Waals surface area contributed by atoms with Crippen molar-refractivity contribution in [2.45, 2.75) is 37.6 Å². The summed E-state index contributed by atoms with van der Waals surface area (Å²) in [5, 5.41) is 5.46. The maximum Gasteiger partial charge on any atom is 0.256 e. The van der Waals surface area contributed by atoms with Crippen LogP contribution >= 0.6 is 0 Å². The summed E-state index contributed by atoms with van der Waals surface area (Å²) in [6.07, 6.45) is 6.11. The van der Waals surface area contributed by atoms with Crippen molar-refractivity contribution in [3.63, 3.8) is 0 Å². The molecule has 0 radical (unpaired) electrons. The number of carbonyl (C=O) groups is 2. The summed E-state index contributed by atoms with van der Waals surface area (Å²) in [5.41, 5.74) is 3.58. The van der Waals surface area contributed by atoms with Gasteiger partial charge in [0.15, 0.2) is 0 Å². The van der Waals surface area contributed by atoms with Gasteiger partial charge in [0, 0.05) is 69.6 Å². The van der Waals surface area contributed by atoms with Crippen molar-refractivity contribution in [2.24, 2.45) is 23.9 Å². The van der Waals surface area contributed by atoms with Crippen LogP contribution in [-0.2, 0) is 21.4 Å². The molecule has 2 amide bonds. The monoisotopic (exact) mass is 511 g/mol. The lowest BCUT2D eigenvalue weighted by Gasteiger charge is -2.30. The first-order chi connectivity index (χ1) is 18.5. The molecule has 8 nitrogen and oxygen atoms in total. The van der Waals surface area contributed by atoms with Gasteiger partial charge in [-0.1, -0.05) is 30.3 Å². The Bertz CT molecular complexity index is 1430. The van der Waals surface area contributed by atoms with E-state index in [9.17, 15) is 9.59 Å². The second-order valence-corrected chi connectivity index (χ2v) is 11.3. The second-order valence-electron chi connectivity index (χ2n) is 11.3. The zero-order chi connectivity index (χ0) is 25.9. The molecular weight excluding hydrogens is 478 g/mol. The van der Waals surface area contributed by atoms with Gasteiger partial charge in [-0.05, 0) is 48.4 Å². The molecule has 196 valence electrons. The largest absolute Gasteiger partial charge is 0.381 e. The van der Waals surface area contributed by atoms with Crippen LogP contribution in [0.4, 0.5) is 0 Å². The van der Waals surface area contributed by atoms with Gasteiger partial charge >= 0.3 is 0 Å². The Kier molecular flexibility index (Phi) is 5.62. The van der Waals surface area contributed by atoms with E-state index in [1.165, 1.54) is 0 Å². The van der Waals surface area contributed by atoms with Crippen LogP contribution in [0, 0.1) is 11.8 Å². The number of benzene rings is 2. The van der Waals surface area contributed by atoms with Gasteiger partial charge in [0.2, 0.25) is 5.91 Å². The minimum Gasteiger partial charge on any atom is -0.381 e. The fourth-order valence-corrected chi connectivity index (χ4v) is 6.27. The van der Waals surface area contributed by atoms with Gasteiger partial charge in [-0.3, -0.25) is 24.2 Å². The number of hydrogen-bond acceptors (Lipinski definition) is 5. The standard InChI is InChI=1S/C30H33N5O3/c1-33-26-9-8-24(16-25(26)17-31-33)21-2-4-22(5-3-21)27-32-30(11-14-38-15-12-30)29(37)35(27)19-20-10-13-34(18-20)28(36)23-6-7-23/h2-5,8-9,16-17,20,23H,6-7,10-15,18-19H2,1H3/t20-/m1/s1. The molecule has 3 aliphatic heterocycles. The minimum atomic E-state index is -0.722. The van der Waals surface area contributed by atoms with Crippen molar-refractivity contribution in [1.82, 2.24) is 19.6 Å². The van der Waals surface area contributed by atoms with Gasteiger partial charge in [-0.2, -0.15) is 5.10 Å². The molecule has 1 saturated carbocycles. The molecule has 7 rings (SSSR count). The summed E-state index contributed by atoms with van der Waals surface area (Å²) < 4.78 is 7.47. The Balaban J connectivity index is 1.15. The highest BCUT2D eigenvalue weighted by Crippen LogP contribution is 2.37. The molecule has 0 N–H and O–H groups in total. The van der Waals surface area contributed by atoms with E-state index in [1.54, 1.807) is 0 Å². The van der Waals surface area contributed by atoms with Gasteiger partial charge in [0.25, 0.3) is 5.91 Å². The highest BCUT2D eigenvalue weighted by Gasteiger charge is 2.50. The Morgan fingerprint density at radius 3 is 2.53 bits per heavy atom. The molecule has 2 saturated heterocycles. The summed E-state index contributed by atoms with van der Waals surface area (Å²) >= 11 is 0. The summed E-state index contributed by atoms with van der Waals surface area (Å²) in [6, 6.07) is 14.8. The summed E-state index contributed by atoms with van der Waals surface area (Å²) in [6.45, 7) is 3.24. The number of ether oxygens (including phenoxy) is 1. The number of aromatic nitrogens is 2. The number of aryl methyl sites for hydroxylation is 1. The van der Waals surface area contributed by atoms with E-state index in [0.29, 0.717) is 38.5 Å². The first kappa shape index (κ1) is 23.6. The van der Waals surface area contributed by atoms with E-state index in [4.69, 9.17) is 9.73 Å². The lowest BCUT2D eigenvalue weighted by molar-refractivity contribution is -0.134. The molecule has 4 heterocycles. The molecule has 38 heavy (non-hydrogen) atoms. The predicted octanol–water partition coefficient (Wildman–Crippen LogP) is 3.64. The number of nitrogens with zero attached hydrogens (tertiary/aromatic N) is 5. The number of carbonyl (C=O) groups excluding carboxylic acids is 2. The van der Waals surface area contributed by atoms with Crippen LogP contribution in [0.15, 0.2) is 53.7 Å². The Hall–Kier alpha value is -3.52. The quantitative estimate of drug-likeness (QED) is 0.524. The average Bonchev–Trinajstić information content (AvgIpc) is 3.51. The Morgan fingerprint density at radius 2 is 1.76 bits per heavy atom. The van der Waals surface area contributed by atoms with E-state index in [1.807, 2.05) is 27.7 Å². The number of likely N-dealkylation sites (tertiary alicyclic amines) is 1. The van der Waals surface area contributed by atoms with Crippen LogP contribution in [0.25, 0.3) is 22.0 Å². The number of rotatable bonds is 5. The van der Waals surface area contributed by atoms with Crippen molar-refractivity contribution >= 4 is 28.6 Å². The van der Waals surface area contributed by atoms with Gasteiger partial charge in [0.05, 0.1) is 11.7 Å². The fourth-order valence-electron chi connectivity index (χ4n) is 6.27. The van der Waals surface area contributed by atoms with Crippen molar-refractivity contribution in [1.29, 1.82) is 0 Å². The summed E-state index contributed by atoms with van der Waals surface area (Å²) in [5.74, 6) is 1.66. The highest BCUT2D eigenvalue weighted by atomic mass is 16.5. The van der Waals surface area contributed by atoms with Gasteiger partial charge in [-0.25, -0.2) is 0 Å². The molecule has 8 heteroatoms. The number of hydrogen-bond donors (Lipinski definition) is 0. The van der Waals surface area contributed by atoms with Gasteiger partial charge < -0.3 is 9.64 Å². The highest BCUT2D eigenvalue weighted by molar-refractivity contribution is 6.15. The van der Waals surface area contributed by atoms with Crippen molar-refractivity contribution < 1.29 is 14.3 Å². The molecule has 0 unspecified atom stereocenters. The number of fused-ring (bicyclic) bond motifs is 1. The van der Waals surface area contributed by atoms with E-state index in [2.05, 4.69) is 47.6 Å². The fraction of sp³-hybridized carbons (Fsp3) is 0.467. The van der Waals surface area contributed by atoms with Crippen LogP contribution in [0.3, 0.4) is 0 Å². The van der Waals surface area contributed by atoms with Crippen molar-refractivity contribution in [2.75, 3.05) is 32.8 Å². The summed E-state index contributed by atoms with van der Waals surface area (Å²) in [4.78, 5) is 35.5. The third kappa shape index (κ3) is 4.02. The minimum absolute atomic E-state index is 0.0916. The zero-order valence-electron chi connectivity index (χ0n) is 21.8. The van der Waals surface area contributed by atoms with Crippen molar-refractivity contribution in [3.05, 3.63) is 54.2 Å². The van der Waals surface area contributed by atoms with Crippen LogP contribution in [0.5, 0.6) is 0 Å². The number of aliphatic imine (C=N–C) groups is 1. The van der Waals surface area contributed by atoms with E-state index in [-0.39, 0.29) is 17.7 Å². The second kappa shape index (κ2) is 9.05. The van der Waals surface area contributed by atoms with Gasteiger partial charge in [0.1, 0.15) is 11.4 Å². The summed E-state index contributed by atoms with van der Waals surface area (Å²) in [7, 11) is 1.95. The smallest absolute Gasteiger partial charge is 0.256 e. The molecule has 1 aliphatic carbocycles. The maximum atomic E-state index is 13.9. The average molecular weight is 512 g/mol. The molecule has 1 atom stereocenters. The van der Waals surface area contributed by atoms with Crippen LogP contribution in [-0.4, -0.2) is 75.6 Å². The number of amidine groups is 1. The normalized spacial score (nSPS) is 23.0. The van der Waals surface area contributed by atoms with Gasteiger partial charge in [-0.15, -0.1) is 0 Å². The first-order valence-electron chi connectivity index (χ1n) is 13.8. The SMILES string of the molecule is Cn1ncc2cc(-c3ccc(C4=NC5(CCOCC5)C(=O)N4C[C@@H]4CCN(C(=O)C5CC5)C4)cc3)ccc21. The molecule has 1 aromatic heterocycles. The van der Waals surface area contributed by atoms with Crippen LogP contribution in [0.1, 0.15) is 37.7 Å². The molecule has 3 aromatic rings. The molecule has 3 fully saturated rings. The third-order valence-corrected chi connectivity index (χ3v) is 8.73. The first-order valence-corrected chi connectivity index (χ1v) is 13.8. The van der Waals surface area contributed by atoms with E-state index < -0.39 is 5.54 Å². The van der Waals surface area contributed by atoms with Crippen LogP contribution in [0.2, 0.25) is 0 Å². The molecule has 4 aliphatic rings. The molecule has 1 spiro atoms. The number of amides is 2. The molecular formula is C30H33N5O3. The predicted molar refractivity (Wildman–Crippen MR) is 145 cm³/mol. The third-order valence-electron chi connectivity index (χ3n) is 8.73.